The molecule has 0 spiro atoms. The fraction of sp³-hybridized carbons (Fsp3) is 0.333. The number of halogens is 1. The minimum atomic E-state index is -0.204. The van der Waals surface area contributed by atoms with Crippen LogP contribution in [0.1, 0.15) is 24.8 Å². The van der Waals surface area contributed by atoms with Crippen molar-refractivity contribution in [1.82, 2.24) is 4.90 Å². The molecule has 3 rings (SSSR count). The van der Waals surface area contributed by atoms with Crippen molar-refractivity contribution in [3.63, 3.8) is 0 Å². The molecule has 2 aliphatic heterocycles. The standard InChI is InChI=1S/C15H15ClN2O2S/c16-11-8-10(4-5-12(11)19)9-13-14(20)17-15(21-13)18-6-2-1-3-7-18/h4-5,8-9,19H,1-3,6-7H2. The van der Waals surface area contributed by atoms with Gasteiger partial charge in [-0.05, 0) is 54.8 Å². The van der Waals surface area contributed by atoms with Gasteiger partial charge in [0.2, 0.25) is 0 Å². The van der Waals surface area contributed by atoms with Crippen molar-refractivity contribution in [3.8, 4) is 5.75 Å². The highest BCUT2D eigenvalue weighted by Crippen LogP contribution is 2.32. The minimum absolute atomic E-state index is 0.0365. The lowest BCUT2D eigenvalue weighted by atomic mass is 10.1. The van der Waals surface area contributed by atoms with Crippen LogP contribution in [-0.2, 0) is 4.79 Å². The van der Waals surface area contributed by atoms with Gasteiger partial charge < -0.3 is 10.0 Å². The summed E-state index contributed by atoms with van der Waals surface area (Å²) < 4.78 is 0. The molecule has 1 fully saturated rings. The predicted octanol–water partition coefficient (Wildman–Crippen LogP) is 3.50. The molecule has 2 heterocycles. The van der Waals surface area contributed by atoms with Crippen LogP contribution in [0.5, 0.6) is 5.75 Å². The van der Waals surface area contributed by atoms with E-state index in [-0.39, 0.29) is 16.7 Å². The van der Waals surface area contributed by atoms with Gasteiger partial charge in [-0.1, -0.05) is 17.7 Å². The van der Waals surface area contributed by atoms with Gasteiger partial charge in [0.05, 0.1) is 9.93 Å². The van der Waals surface area contributed by atoms with Crippen molar-refractivity contribution >= 4 is 40.5 Å². The van der Waals surface area contributed by atoms with Gasteiger partial charge in [0.15, 0.2) is 5.17 Å². The number of piperidine rings is 1. The number of carbonyl (C=O) groups is 1. The zero-order chi connectivity index (χ0) is 14.8. The number of amides is 1. The monoisotopic (exact) mass is 322 g/mol. The summed E-state index contributed by atoms with van der Waals surface area (Å²) >= 11 is 7.29. The van der Waals surface area contributed by atoms with E-state index in [1.807, 2.05) is 0 Å². The van der Waals surface area contributed by atoms with E-state index in [0.717, 1.165) is 36.7 Å². The first kappa shape index (κ1) is 14.5. The summed E-state index contributed by atoms with van der Waals surface area (Å²) in [6, 6.07) is 4.88. The Morgan fingerprint density at radius 1 is 1.29 bits per heavy atom. The second-order valence-electron chi connectivity index (χ2n) is 5.07. The molecule has 0 bridgehead atoms. The Morgan fingerprint density at radius 2 is 2.05 bits per heavy atom. The molecule has 0 saturated carbocycles. The van der Waals surface area contributed by atoms with Crippen molar-refractivity contribution in [2.45, 2.75) is 19.3 Å². The number of thioether (sulfide) groups is 1. The second kappa shape index (κ2) is 6.12. The van der Waals surface area contributed by atoms with E-state index in [2.05, 4.69) is 9.89 Å². The molecule has 0 radical (unpaired) electrons. The Labute approximate surface area is 132 Å². The van der Waals surface area contributed by atoms with Crippen LogP contribution in [0, 0.1) is 0 Å². The molecule has 0 aliphatic carbocycles. The number of aliphatic imine (C=N–C) groups is 1. The summed E-state index contributed by atoms with van der Waals surface area (Å²) in [5.74, 6) is -0.167. The molecule has 110 valence electrons. The quantitative estimate of drug-likeness (QED) is 0.804. The summed E-state index contributed by atoms with van der Waals surface area (Å²) in [5.41, 5.74) is 0.781. The lowest BCUT2D eigenvalue weighted by Gasteiger charge is -2.27. The van der Waals surface area contributed by atoms with E-state index in [9.17, 15) is 9.90 Å². The number of benzene rings is 1. The number of phenolic OH excluding ortho intramolecular Hbond substituents is 1. The Kier molecular flexibility index (Phi) is 4.22. The van der Waals surface area contributed by atoms with E-state index in [1.165, 1.54) is 24.2 Å². The number of carbonyl (C=O) groups excluding carboxylic acids is 1. The van der Waals surface area contributed by atoms with Crippen molar-refractivity contribution in [3.05, 3.63) is 33.7 Å². The van der Waals surface area contributed by atoms with E-state index in [0.29, 0.717) is 4.91 Å². The molecule has 1 aromatic rings. The summed E-state index contributed by atoms with van der Waals surface area (Å²) in [5, 5.41) is 10.5. The molecule has 4 nitrogen and oxygen atoms in total. The normalized spacial score (nSPS) is 21.0. The number of hydrogen-bond donors (Lipinski definition) is 1. The largest absolute Gasteiger partial charge is 0.506 e. The summed E-state index contributed by atoms with van der Waals surface area (Å²) in [6.45, 7) is 1.94. The summed E-state index contributed by atoms with van der Waals surface area (Å²) in [7, 11) is 0. The highest BCUT2D eigenvalue weighted by Gasteiger charge is 2.26. The first-order valence-corrected chi connectivity index (χ1v) is 8.09. The number of hydrogen-bond acceptors (Lipinski definition) is 4. The molecule has 2 aliphatic rings. The molecule has 0 unspecified atom stereocenters. The number of nitrogens with zero attached hydrogens (tertiary/aromatic N) is 2. The number of likely N-dealkylation sites (tertiary alicyclic amines) is 1. The molecular weight excluding hydrogens is 308 g/mol. The third kappa shape index (κ3) is 3.24. The summed E-state index contributed by atoms with van der Waals surface area (Å²) in [6.07, 6.45) is 5.32. The third-order valence-electron chi connectivity index (χ3n) is 3.51. The van der Waals surface area contributed by atoms with Gasteiger partial charge >= 0.3 is 0 Å². The molecule has 0 atom stereocenters. The van der Waals surface area contributed by atoms with Gasteiger partial charge in [0.25, 0.3) is 5.91 Å². The zero-order valence-corrected chi connectivity index (χ0v) is 13.0. The van der Waals surface area contributed by atoms with E-state index in [4.69, 9.17) is 11.6 Å². The van der Waals surface area contributed by atoms with Gasteiger partial charge in [0.1, 0.15) is 5.75 Å². The first-order valence-electron chi connectivity index (χ1n) is 6.89. The number of amidine groups is 1. The lowest BCUT2D eigenvalue weighted by Crippen LogP contribution is -2.33. The molecule has 1 aromatic carbocycles. The van der Waals surface area contributed by atoms with Gasteiger partial charge in [-0.15, -0.1) is 0 Å². The first-order chi connectivity index (χ1) is 10.1. The second-order valence-corrected chi connectivity index (χ2v) is 6.49. The van der Waals surface area contributed by atoms with E-state index >= 15 is 0 Å². The summed E-state index contributed by atoms with van der Waals surface area (Å²) in [4.78, 5) is 18.9. The predicted molar refractivity (Wildman–Crippen MR) is 86.6 cm³/mol. The van der Waals surface area contributed by atoms with Crippen LogP contribution in [0.25, 0.3) is 6.08 Å². The van der Waals surface area contributed by atoms with Crippen LogP contribution in [0.15, 0.2) is 28.1 Å². The van der Waals surface area contributed by atoms with Crippen LogP contribution in [-0.4, -0.2) is 34.2 Å². The van der Waals surface area contributed by atoms with Gasteiger partial charge in [-0.3, -0.25) is 4.79 Å². The SMILES string of the molecule is O=C1N=C(N2CCCCC2)SC1=Cc1ccc(O)c(Cl)c1. The maximum Gasteiger partial charge on any atom is 0.286 e. The van der Waals surface area contributed by atoms with Crippen molar-refractivity contribution in [1.29, 1.82) is 0 Å². The van der Waals surface area contributed by atoms with Crippen LogP contribution in [0.3, 0.4) is 0 Å². The van der Waals surface area contributed by atoms with Crippen molar-refractivity contribution < 1.29 is 9.90 Å². The molecule has 1 saturated heterocycles. The molecule has 1 N–H and O–H groups in total. The van der Waals surface area contributed by atoms with Gasteiger partial charge in [-0.25, -0.2) is 0 Å². The Hall–Kier alpha value is -1.46. The maximum absolute atomic E-state index is 12.0. The molecule has 1 amide bonds. The van der Waals surface area contributed by atoms with Crippen LogP contribution >= 0.6 is 23.4 Å². The third-order valence-corrected chi connectivity index (χ3v) is 4.85. The minimum Gasteiger partial charge on any atom is -0.506 e. The van der Waals surface area contributed by atoms with E-state index in [1.54, 1.807) is 18.2 Å². The van der Waals surface area contributed by atoms with Crippen LogP contribution in [0.4, 0.5) is 0 Å². The number of aromatic hydroxyl groups is 1. The topological polar surface area (TPSA) is 52.9 Å². The average molecular weight is 323 g/mol. The molecule has 0 aromatic heterocycles. The van der Waals surface area contributed by atoms with Gasteiger partial charge in [0, 0.05) is 13.1 Å². The Morgan fingerprint density at radius 3 is 2.76 bits per heavy atom. The average Bonchev–Trinajstić information content (AvgIpc) is 2.85. The van der Waals surface area contributed by atoms with Crippen molar-refractivity contribution in [2.75, 3.05) is 13.1 Å². The molecular formula is C15H15ClN2O2S. The lowest BCUT2D eigenvalue weighted by molar-refractivity contribution is -0.113. The Balaban J connectivity index is 1.77. The zero-order valence-electron chi connectivity index (χ0n) is 11.4. The fourth-order valence-electron chi connectivity index (χ4n) is 2.38. The number of phenols is 1. The smallest absolute Gasteiger partial charge is 0.286 e. The van der Waals surface area contributed by atoms with E-state index < -0.39 is 0 Å². The number of rotatable bonds is 1. The molecule has 6 heteroatoms. The van der Waals surface area contributed by atoms with Crippen molar-refractivity contribution in [2.24, 2.45) is 4.99 Å². The Bertz CT molecular complexity index is 637. The van der Waals surface area contributed by atoms with Crippen LogP contribution < -0.4 is 0 Å². The highest BCUT2D eigenvalue weighted by molar-refractivity contribution is 8.18. The molecule has 21 heavy (non-hydrogen) atoms. The highest BCUT2D eigenvalue weighted by atomic mass is 35.5. The maximum atomic E-state index is 12.0. The van der Waals surface area contributed by atoms with Crippen LogP contribution in [0.2, 0.25) is 5.02 Å². The van der Waals surface area contributed by atoms with Gasteiger partial charge in [-0.2, -0.15) is 4.99 Å². The fourth-order valence-corrected chi connectivity index (χ4v) is 3.54.